The van der Waals surface area contributed by atoms with Gasteiger partial charge >= 0.3 is 7.60 Å². The molecule has 0 saturated carbocycles. The third kappa shape index (κ3) is 3.88. The number of Topliss-reactive ketones (excluding diaryl/α,β-unsaturated/α-hetero) is 1. The zero-order valence-corrected chi connectivity index (χ0v) is 12.7. The Morgan fingerprint density at radius 2 is 1.79 bits per heavy atom. The van der Waals surface area contributed by atoms with Gasteiger partial charge in [-0.2, -0.15) is 0 Å². The molecule has 0 aromatic carbocycles. The fraction of sp³-hybridized carbons (Fsp3) is 0.833. The lowest BCUT2D eigenvalue weighted by Gasteiger charge is -2.38. The van der Waals surface area contributed by atoms with Crippen LogP contribution in [0.2, 0.25) is 0 Å². The summed E-state index contributed by atoms with van der Waals surface area (Å²) in [6.07, 6.45) is 2.18. The summed E-state index contributed by atoms with van der Waals surface area (Å²) in [6, 6.07) is 0. The first-order valence-electron chi connectivity index (χ1n) is 6.66. The molecule has 1 aliphatic heterocycles. The molecule has 0 bridgehead atoms. The van der Waals surface area contributed by atoms with Gasteiger partial charge in [0, 0.05) is 13.5 Å². The molecule has 1 atom stereocenters. The molecule has 1 fully saturated rings. The van der Waals surface area contributed by atoms with Gasteiger partial charge in [0.1, 0.15) is 5.78 Å². The van der Waals surface area contributed by atoms with E-state index >= 15 is 0 Å². The van der Waals surface area contributed by atoms with Crippen LogP contribution in [0.15, 0.2) is 0 Å². The highest BCUT2D eigenvalue weighted by Crippen LogP contribution is 2.56. The van der Waals surface area contributed by atoms with Crippen molar-refractivity contribution in [3.8, 4) is 0 Å². The number of rotatable bonds is 6. The molecular weight excluding hydrogens is 269 g/mol. The normalized spacial score (nSPS) is 20.4. The summed E-state index contributed by atoms with van der Waals surface area (Å²) in [5.74, 6) is -1.80. The fourth-order valence-electron chi connectivity index (χ4n) is 2.25. The zero-order valence-electron chi connectivity index (χ0n) is 11.8. The number of carbonyl (C=O) groups is 2. The van der Waals surface area contributed by atoms with Crippen molar-refractivity contribution in [2.75, 3.05) is 19.8 Å². The number of ketones is 1. The number of piperidine rings is 1. The summed E-state index contributed by atoms with van der Waals surface area (Å²) in [4.78, 5) is 24.5. The number of likely N-dealkylation sites (tertiary alicyclic amines) is 1. The van der Waals surface area contributed by atoms with Crippen LogP contribution in [0, 0.1) is 0 Å². The lowest BCUT2D eigenvalue weighted by atomic mass is 10.1. The van der Waals surface area contributed by atoms with E-state index in [9.17, 15) is 14.2 Å². The Morgan fingerprint density at radius 3 is 2.26 bits per heavy atom. The van der Waals surface area contributed by atoms with Gasteiger partial charge in [0.2, 0.25) is 5.78 Å². The van der Waals surface area contributed by atoms with Crippen LogP contribution in [-0.2, 0) is 23.2 Å². The van der Waals surface area contributed by atoms with Crippen molar-refractivity contribution in [3.05, 3.63) is 0 Å². The summed E-state index contributed by atoms with van der Waals surface area (Å²) >= 11 is 0. The maximum Gasteiger partial charge on any atom is 0.352 e. The van der Waals surface area contributed by atoms with Crippen molar-refractivity contribution in [2.45, 2.75) is 45.8 Å². The minimum Gasteiger partial charge on any atom is -0.321 e. The number of hydrogen-bond acceptors (Lipinski definition) is 5. The van der Waals surface area contributed by atoms with Crippen molar-refractivity contribution < 1.29 is 23.2 Å². The minimum absolute atomic E-state index is 0.246. The van der Waals surface area contributed by atoms with Crippen molar-refractivity contribution in [1.82, 2.24) is 4.90 Å². The average Bonchev–Trinajstić information content (AvgIpc) is 2.38. The van der Waals surface area contributed by atoms with Crippen LogP contribution >= 0.6 is 7.60 Å². The first-order valence-corrected chi connectivity index (χ1v) is 8.27. The number of carbonyl (C=O) groups excluding carboxylic acids is 2. The van der Waals surface area contributed by atoms with Crippen molar-refractivity contribution >= 4 is 19.3 Å². The fourth-order valence-corrected chi connectivity index (χ4v) is 4.45. The van der Waals surface area contributed by atoms with Gasteiger partial charge in [0.15, 0.2) is 0 Å². The molecule has 7 heteroatoms. The van der Waals surface area contributed by atoms with E-state index in [1.807, 2.05) is 0 Å². The number of nitrogens with zero attached hydrogens (tertiary/aromatic N) is 1. The van der Waals surface area contributed by atoms with Gasteiger partial charge in [-0.25, -0.2) is 0 Å². The van der Waals surface area contributed by atoms with Crippen LogP contribution in [-0.4, -0.2) is 42.1 Å². The first-order chi connectivity index (χ1) is 8.96. The molecule has 1 unspecified atom stereocenters. The van der Waals surface area contributed by atoms with E-state index in [2.05, 4.69) is 0 Å². The summed E-state index contributed by atoms with van der Waals surface area (Å²) < 4.78 is 23.4. The third-order valence-corrected chi connectivity index (χ3v) is 5.52. The summed E-state index contributed by atoms with van der Waals surface area (Å²) in [7, 11) is -3.39. The van der Waals surface area contributed by atoms with Gasteiger partial charge in [-0.3, -0.25) is 14.2 Å². The van der Waals surface area contributed by atoms with Crippen LogP contribution in [0.1, 0.15) is 40.0 Å². The lowest BCUT2D eigenvalue weighted by Crippen LogP contribution is -2.46. The smallest absolute Gasteiger partial charge is 0.321 e. The molecule has 19 heavy (non-hydrogen) atoms. The Balaban J connectivity index is 2.99. The first kappa shape index (κ1) is 16.3. The highest BCUT2D eigenvalue weighted by Gasteiger charge is 2.43. The lowest BCUT2D eigenvalue weighted by molar-refractivity contribution is -0.145. The van der Waals surface area contributed by atoms with Crippen molar-refractivity contribution in [3.63, 3.8) is 0 Å². The van der Waals surface area contributed by atoms with E-state index in [0.717, 1.165) is 12.8 Å². The minimum atomic E-state index is -3.39. The van der Waals surface area contributed by atoms with Gasteiger partial charge in [-0.1, -0.05) is 0 Å². The molecule has 1 aliphatic rings. The second-order valence-electron chi connectivity index (χ2n) is 4.41. The molecule has 0 spiro atoms. The maximum absolute atomic E-state index is 12.8. The average molecular weight is 291 g/mol. The van der Waals surface area contributed by atoms with Gasteiger partial charge in [-0.05, 0) is 33.1 Å². The molecule has 110 valence electrons. The van der Waals surface area contributed by atoms with Crippen molar-refractivity contribution in [1.29, 1.82) is 0 Å². The molecule has 0 aliphatic carbocycles. The van der Waals surface area contributed by atoms with E-state index in [4.69, 9.17) is 9.05 Å². The molecule has 0 N–H and O–H groups in total. The van der Waals surface area contributed by atoms with E-state index < -0.39 is 25.1 Å². The molecule has 1 heterocycles. The van der Waals surface area contributed by atoms with E-state index in [1.165, 1.54) is 11.8 Å². The molecule has 1 saturated heterocycles. The van der Waals surface area contributed by atoms with Gasteiger partial charge in [0.25, 0.3) is 5.91 Å². The van der Waals surface area contributed by atoms with Crippen LogP contribution < -0.4 is 0 Å². The predicted molar refractivity (Wildman–Crippen MR) is 70.9 cm³/mol. The standard InChI is InChI=1S/C12H22NO5P/c1-4-17-19(16,18-5-2)11-8-6-7-9-13(11)12(15)10(3)14/h11H,4-9H2,1-3H3. The monoisotopic (exact) mass is 291 g/mol. The Morgan fingerprint density at radius 1 is 1.21 bits per heavy atom. The van der Waals surface area contributed by atoms with Gasteiger partial charge < -0.3 is 13.9 Å². The second-order valence-corrected chi connectivity index (χ2v) is 6.60. The summed E-state index contributed by atoms with van der Waals surface area (Å²) in [6.45, 7) is 5.59. The molecule has 6 nitrogen and oxygen atoms in total. The van der Waals surface area contributed by atoms with E-state index in [0.29, 0.717) is 13.0 Å². The quantitative estimate of drug-likeness (QED) is 0.554. The highest BCUT2D eigenvalue weighted by atomic mass is 31.2. The second kappa shape index (κ2) is 7.17. The zero-order chi connectivity index (χ0) is 14.5. The molecule has 1 amide bonds. The number of amides is 1. The Labute approximate surface area is 114 Å². The van der Waals surface area contributed by atoms with Crippen molar-refractivity contribution in [2.24, 2.45) is 0 Å². The Hall–Kier alpha value is -0.710. The van der Waals surface area contributed by atoms with Gasteiger partial charge in [-0.15, -0.1) is 0 Å². The van der Waals surface area contributed by atoms with Crippen LogP contribution in [0.5, 0.6) is 0 Å². The molecular formula is C12H22NO5P. The van der Waals surface area contributed by atoms with E-state index in [-0.39, 0.29) is 13.2 Å². The van der Waals surface area contributed by atoms with Crippen LogP contribution in [0.4, 0.5) is 0 Å². The summed E-state index contributed by atoms with van der Waals surface area (Å²) in [5, 5.41) is 0. The predicted octanol–water partition coefficient (Wildman–Crippen LogP) is 2.18. The maximum atomic E-state index is 12.8. The largest absolute Gasteiger partial charge is 0.352 e. The summed E-state index contributed by atoms with van der Waals surface area (Å²) in [5.41, 5.74) is 0. The van der Waals surface area contributed by atoms with Crippen LogP contribution in [0.3, 0.4) is 0 Å². The molecule has 0 radical (unpaired) electrons. The molecule has 0 aromatic heterocycles. The van der Waals surface area contributed by atoms with E-state index in [1.54, 1.807) is 13.8 Å². The highest BCUT2D eigenvalue weighted by molar-refractivity contribution is 7.54. The Bertz CT molecular complexity index is 374. The Kier molecular flexibility index (Phi) is 6.17. The topological polar surface area (TPSA) is 72.9 Å². The molecule has 0 aromatic rings. The van der Waals surface area contributed by atoms with Gasteiger partial charge in [0.05, 0.1) is 13.2 Å². The SMILES string of the molecule is CCOP(=O)(OCC)C1CCCCN1C(=O)C(C)=O. The third-order valence-electron chi connectivity index (χ3n) is 3.02. The van der Waals surface area contributed by atoms with Crippen LogP contribution in [0.25, 0.3) is 0 Å². The molecule has 1 rings (SSSR count). The number of hydrogen-bond donors (Lipinski definition) is 0.